The van der Waals surface area contributed by atoms with E-state index in [1.807, 2.05) is 36.4 Å². The van der Waals surface area contributed by atoms with E-state index >= 15 is 0 Å². The van der Waals surface area contributed by atoms with Gasteiger partial charge in [-0.3, -0.25) is 15.1 Å². The Morgan fingerprint density at radius 1 is 0.963 bits per heavy atom. The van der Waals surface area contributed by atoms with Gasteiger partial charge >= 0.3 is 0 Å². The Hall–Kier alpha value is -3.39. The Morgan fingerprint density at radius 3 is 2.56 bits per heavy atom. The summed E-state index contributed by atoms with van der Waals surface area (Å²) < 4.78 is 0.967. The molecular formula is C19H13BrN6O. The number of carbonyl (C=O) groups excluding carboxylic acids is 1. The minimum Gasteiger partial charge on any atom is -0.368 e. The first-order valence-electron chi connectivity index (χ1n) is 8.02. The summed E-state index contributed by atoms with van der Waals surface area (Å²) in [5.74, 6) is 0.111. The van der Waals surface area contributed by atoms with E-state index in [1.54, 1.807) is 18.3 Å². The van der Waals surface area contributed by atoms with Crippen molar-refractivity contribution in [3.63, 3.8) is 0 Å². The lowest BCUT2D eigenvalue weighted by Gasteiger charge is -2.09. The summed E-state index contributed by atoms with van der Waals surface area (Å²) in [4.78, 5) is 28.9. The number of rotatable bonds is 3. The first kappa shape index (κ1) is 17.0. The molecule has 0 fully saturated rings. The lowest BCUT2D eigenvalue weighted by Crippen LogP contribution is -2.16. The number of amides is 1. The van der Waals surface area contributed by atoms with Crippen molar-refractivity contribution in [2.24, 2.45) is 0 Å². The first-order valence-corrected chi connectivity index (χ1v) is 8.81. The molecule has 0 aliphatic heterocycles. The van der Waals surface area contributed by atoms with E-state index in [0.29, 0.717) is 11.4 Å². The molecule has 2 aromatic carbocycles. The number of nitrogens with one attached hydrogen (secondary N) is 1. The molecule has 0 saturated carbocycles. The molecule has 3 N–H and O–H groups in total. The Kier molecular flexibility index (Phi) is 4.47. The van der Waals surface area contributed by atoms with Gasteiger partial charge < -0.3 is 5.73 Å². The highest BCUT2D eigenvalue weighted by Gasteiger charge is 2.14. The molecule has 8 heteroatoms. The molecule has 7 nitrogen and oxygen atoms in total. The average molecular weight is 421 g/mol. The van der Waals surface area contributed by atoms with E-state index in [1.165, 1.54) is 6.20 Å². The number of hydrogen-bond donors (Lipinski definition) is 2. The molecule has 2 heterocycles. The normalized spacial score (nSPS) is 10.7. The molecule has 27 heavy (non-hydrogen) atoms. The number of fused-ring (bicyclic) bond motifs is 1. The van der Waals surface area contributed by atoms with Gasteiger partial charge in [0.05, 0.1) is 5.56 Å². The van der Waals surface area contributed by atoms with Gasteiger partial charge in [-0.05, 0) is 35.0 Å². The van der Waals surface area contributed by atoms with E-state index in [4.69, 9.17) is 5.73 Å². The van der Waals surface area contributed by atoms with Crippen LogP contribution in [0.25, 0.3) is 22.2 Å². The van der Waals surface area contributed by atoms with Crippen LogP contribution >= 0.6 is 15.9 Å². The van der Waals surface area contributed by atoms with Crippen molar-refractivity contribution in [2.75, 3.05) is 11.1 Å². The summed E-state index contributed by atoms with van der Waals surface area (Å²) in [7, 11) is 0. The largest absolute Gasteiger partial charge is 0.368 e. The molecule has 0 aliphatic carbocycles. The molecule has 0 radical (unpaired) electrons. The van der Waals surface area contributed by atoms with E-state index in [0.717, 1.165) is 20.8 Å². The van der Waals surface area contributed by atoms with Crippen molar-refractivity contribution in [1.82, 2.24) is 19.9 Å². The Labute approximate surface area is 162 Å². The maximum atomic E-state index is 12.3. The van der Waals surface area contributed by atoms with Crippen molar-refractivity contribution < 1.29 is 4.79 Å². The van der Waals surface area contributed by atoms with Gasteiger partial charge in [-0.25, -0.2) is 0 Å². The summed E-state index contributed by atoms with van der Waals surface area (Å²) in [5.41, 5.74) is 7.04. The number of aromatic nitrogens is 4. The molecule has 0 atom stereocenters. The molecule has 0 saturated heterocycles. The number of carbonyl (C=O) groups is 1. The maximum Gasteiger partial charge on any atom is 0.259 e. The standard InChI is InChI=1S/C19H13BrN6O/c20-15-8-7-14(12-5-1-2-6-13(12)15)16-23-18(21)26-19(24-16)25-17(27)11-4-3-9-22-10-11/h1-10H,(H3,21,23,24,25,26,27). The third kappa shape index (κ3) is 3.47. The van der Waals surface area contributed by atoms with E-state index in [2.05, 4.69) is 41.2 Å². The van der Waals surface area contributed by atoms with E-state index < -0.39 is 0 Å². The number of benzene rings is 2. The van der Waals surface area contributed by atoms with Crippen LogP contribution in [0, 0.1) is 0 Å². The second-order valence-electron chi connectivity index (χ2n) is 5.68. The van der Waals surface area contributed by atoms with Crippen LogP contribution in [0.4, 0.5) is 11.9 Å². The predicted molar refractivity (Wildman–Crippen MR) is 107 cm³/mol. The molecule has 0 spiro atoms. The summed E-state index contributed by atoms with van der Waals surface area (Å²) in [5, 5.41) is 4.62. The molecular weight excluding hydrogens is 408 g/mol. The lowest BCUT2D eigenvalue weighted by molar-refractivity contribution is 0.102. The fourth-order valence-corrected chi connectivity index (χ4v) is 3.17. The number of hydrogen-bond acceptors (Lipinski definition) is 6. The van der Waals surface area contributed by atoms with Crippen LogP contribution in [0.3, 0.4) is 0 Å². The van der Waals surface area contributed by atoms with Crippen LogP contribution in [0.1, 0.15) is 10.4 Å². The van der Waals surface area contributed by atoms with Crippen LogP contribution in [-0.2, 0) is 0 Å². The molecule has 132 valence electrons. The zero-order chi connectivity index (χ0) is 18.8. The van der Waals surface area contributed by atoms with Gasteiger partial charge in [0.15, 0.2) is 5.82 Å². The van der Waals surface area contributed by atoms with Crippen LogP contribution in [0.15, 0.2) is 65.4 Å². The first-order chi connectivity index (χ1) is 13.1. The number of pyridine rings is 1. The second kappa shape index (κ2) is 7.08. The van der Waals surface area contributed by atoms with Crippen molar-refractivity contribution in [3.8, 4) is 11.4 Å². The fourth-order valence-electron chi connectivity index (χ4n) is 2.70. The van der Waals surface area contributed by atoms with Gasteiger partial charge in [0.2, 0.25) is 11.9 Å². The van der Waals surface area contributed by atoms with Crippen LogP contribution in [0.2, 0.25) is 0 Å². The van der Waals surface area contributed by atoms with Crippen LogP contribution in [-0.4, -0.2) is 25.8 Å². The predicted octanol–water partition coefficient (Wildman–Crippen LogP) is 3.68. The summed E-state index contributed by atoms with van der Waals surface area (Å²) >= 11 is 3.55. The zero-order valence-corrected chi connectivity index (χ0v) is 15.5. The highest BCUT2D eigenvalue weighted by Crippen LogP contribution is 2.32. The lowest BCUT2D eigenvalue weighted by atomic mass is 10.0. The number of halogens is 1. The summed E-state index contributed by atoms with van der Waals surface area (Å²) in [6.45, 7) is 0. The SMILES string of the molecule is Nc1nc(NC(=O)c2cccnc2)nc(-c2ccc(Br)c3ccccc23)n1. The quantitative estimate of drug-likeness (QED) is 0.523. The minimum absolute atomic E-state index is 0.0217. The molecule has 2 aromatic heterocycles. The second-order valence-corrected chi connectivity index (χ2v) is 6.53. The van der Waals surface area contributed by atoms with Gasteiger partial charge in [-0.15, -0.1) is 0 Å². The molecule has 1 amide bonds. The average Bonchev–Trinajstić information content (AvgIpc) is 2.68. The van der Waals surface area contributed by atoms with Crippen molar-refractivity contribution in [3.05, 3.63) is 71.0 Å². The minimum atomic E-state index is -0.375. The van der Waals surface area contributed by atoms with Gasteiger partial charge in [0, 0.05) is 22.4 Å². The Balaban J connectivity index is 1.76. The highest BCUT2D eigenvalue weighted by atomic mass is 79.9. The summed E-state index contributed by atoms with van der Waals surface area (Å²) in [6.07, 6.45) is 3.05. The molecule has 0 bridgehead atoms. The number of anilines is 2. The van der Waals surface area contributed by atoms with Crippen molar-refractivity contribution in [1.29, 1.82) is 0 Å². The molecule has 0 aliphatic rings. The van der Waals surface area contributed by atoms with Crippen LogP contribution < -0.4 is 11.1 Å². The number of nitrogen functional groups attached to an aromatic ring is 1. The van der Waals surface area contributed by atoms with Crippen molar-refractivity contribution in [2.45, 2.75) is 0 Å². The van der Waals surface area contributed by atoms with E-state index in [-0.39, 0.29) is 17.8 Å². The van der Waals surface area contributed by atoms with Crippen LogP contribution in [0.5, 0.6) is 0 Å². The third-order valence-corrected chi connectivity index (χ3v) is 4.61. The molecule has 0 unspecified atom stereocenters. The smallest absolute Gasteiger partial charge is 0.259 e. The fraction of sp³-hybridized carbons (Fsp3) is 0. The molecule has 4 aromatic rings. The van der Waals surface area contributed by atoms with Crippen molar-refractivity contribution >= 4 is 44.5 Å². The Morgan fingerprint density at radius 2 is 1.78 bits per heavy atom. The topological polar surface area (TPSA) is 107 Å². The highest BCUT2D eigenvalue weighted by molar-refractivity contribution is 9.10. The Bertz CT molecular complexity index is 1150. The maximum absolute atomic E-state index is 12.3. The number of nitrogens with two attached hydrogens (primary N) is 1. The van der Waals surface area contributed by atoms with E-state index in [9.17, 15) is 4.79 Å². The third-order valence-electron chi connectivity index (χ3n) is 3.91. The molecule has 4 rings (SSSR count). The van der Waals surface area contributed by atoms with Gasteiger partial charge in [0.25, 0.3) is 5.91 Å². The van der Waals surface area contributed by atoms with Gasteiger partial charge in [-0.1, -0.05) is 40.2 Å². The van der Waals surface area contributed by atoms with Gasteiger partial charge in [0.1, 0.15) is 0 Å². The monoisotopic (exact) mass is 420 g/mol. The number of nitrogens with zero attached hydrogens (tertiary/aromatic N) is 4. The van der Waals surface area contributed by atoms with Gasteiger partial charge in [-0.2, -0.15) is 15.0 Å². The zero-order valence-electron chi connectivity index (χ0n) is 13.9. The summed E-state index contributed by atoms with van der Waals surface area (Å²) in [6, 6.07) is 15.0.